The molecule has 1 aliphatic rings. The summed E-state index contributed by atoms with van der Waals surface area (Å²) in [5.41, 5.74) is 3.12. The van der Waals surface area contributed by atoms with Crippen LogP contribution in [-0.4, -0.2) is 12.6 Å². The maximum atomic E-state index is 3.52. The number of benzene rings is 1. The third-order valence-electron chi connectivity index (χ3n) is 2.95. The Morgan fingerprint density at radius 2 is 1.79 bits per heavy atom. The lowest BCUT2D eigenvalue weighted by atomic mass is 10.1. The van der Waals surface area contributed by atoms with Crippen LogP contribution in [0.5, 0.6) is 0 Å². The highest BCUT2D eigenvalue weighted by Gasteiger charge is 2.20. The first-order valence-electron chi connectivity index (χ1n) is 5.56. The van der Waals surface area contributed by atoms with E-state index in [1.807, 2.05) is 0 Å². The van der Waals surface area contributed by atoms with Gasteiger partial charge in [0.1, 0.15) is 0 Å². The Hall–Kier alpha value is -0.820. The second-order valence-corrected chi connectivity index (χ2v) is 4.61. The van der Waals surface area contributed by atoms with E-state index in [1.165, 1.54) is 12.8 Å². The third-order valence-corrected chi connectivity index (χ3v) is 2.95. The molecule has 14 heavy (non-hydrogen) atoms. The molecule has 0 amide bonds. The van der Waals surface area contributed by atoms with Crippen LogP contribution >= 0.6 is 0 Å². The zero-order valence-corrected chi connectivity index (χ0v) is 9.09. The van der Waals surface area contributed by atoms with Crippen molar-refractivity contribution in [3.05, 3.63) is 35.4 Å². The Morgan fingerprint density at radius 3 is 2.29 bits per heavy atom. The van der Waals surface area contributed by atoms with Gasteiger partial charge in [0.2, 0.25) is 0 Å². The molecule has 1 aromatic carbocycles. The first-order valence-corrected chi connectivity index (χ1v) is 5.56. The van der Waals surface area contributed by atoms with Gasteiger partial charge in [-0.15, -0.1) is 0 Å². The van der Waals surface area contributed by atoms with E-state index in [1.54, 1.807) is 11.1 Å². The minimum Gasteiger partial charge on any atom is -0.314 e. The van der Waals surface area contributed by atoms with Crippen molar-refractivity contribution in [1.82, 2.24) is 5.32 Å². The lowest BCUT2D eigenvalue weighted by molar-refractivity contribution is 0.465. The van der Waals surface area contributed by atoms with Crippen molar-refractivity contribution in [2.75, 3.05) is 6.54 Å². The molecule has 0 unspecified atom stereocenters. The van der Waals surface area contributed by atoms with Crippen LogP contribution < -0.4 is 5.32 Å². The quantitative estimate of drug-likeness (QED) is 0.770. The average Bonchev–Trinajstić information content (AvgIpc) is 2.57. The molecule has 76 valence electrons. The van der Waals surface area contributed by atoms with Crippen LogP contribution in [0.4, 0.5) is 0 Å². The fourth-order valence-corrected chi connectivity index (χ4v) is 2.20. The SMILES string of the molecule is CC(C)NCC1Cc2ccccc2C1. The van der Waals surface area contributed by atoms with Gasteiger partial charge in [-0.2, -0.15) is 0 Å². The highest BCUT2D eigenvalue weighted by molar-refractivity contribution is 5.32. The predicted molar refractivity (Wildman–Crippen MR) is 60.5 cm³/mol. The van der Waals surface area contributed by atoms with E-state index in [0.717, 1.165) is 12.5 Å². The Balaban J connectivity index is 1.92. The van der Waals surface area contributed by atoms with Gasteiger partial charge in [-0.1, -0.05) is 38.1 Å². The number of nitrogens with one attached hydrogen (secondary N) is 1. The summed E-state index contributed by atoms with van der Waals surface area (Å²) < 4.78 is 0. The van der Waals surface area contributed by atoms with Crippen molar-refractivity contribution >= 4 is 0 Å². The molecule has 0 saturated heterocycles. The third kappa shape index (κ3) is 2.16. The van der Waals surface area contributed by atoms with E-state index >= 15 is 0 Å². The van der Waals surface area contributed by atoms with Gasteiger partial charge in [0.05, 0.1) is 0 Å². The topological polar surface area (TPSA) is 12.0 Å². The van der Waals surface area contributed by atoms with Crippen molar-refractivity contribution in [2.24, 2.45) is 5.92 Å². The Kier molecular flexibility index (Phi) is 2.87. The molecule has 0 saturated carbocycles. The molecule has 1 N–H and O–H groups in total. The molecule has 1 heteroatoms. The van der Waals surface area contributed by atoms with E-state index in [2.05, 4.69) is 43.4 Å². The van der Waals surface area contributed by atoms with Gasteiger partial charge in [-0.3, -0.25) is 0 Å². The first kappa shape index (κ1) is 9.72. The Bertz CT molecular complexity index is 279. The zero-order chi connectivity index (χ0) is 9.97. The molecule has 0 aromatic heterocycles. The molecule has 0 atom stereocenters. The molecule has 0 heterocycles. The molecule has 1 nitrogen and oxygen atoms in total. The molecular weight excluding hydrogens is 170 g/mol. The summed E-state index contributed by atoms with van der Waals surface area (Å²) in [5, 5.41) is 3.52. The number of hydrogen-bond donors (Lipinski definition) is 1. The van der Waals surface area contributed by atoms with E-state index in [-0.39, 0.29) is 0 Å². The van der Waals surface area contributed by atoms with Crippen molar-refractivity contribution in [2.45, 2.75) is 32.7 Å². The minimum atomic E-state index is 0.610. The minimum absolute atomic E-state index is 0.610. The maximum absolute atomic E-state index is 3.52. The molecule has 0 bridgehead atoms. The van der Waals surface area contributed by atoms with Crippen LogP contribution in [0.2, 0.25) is 0 Å². The van der Waals surface area contributed by atoms with Gasteiger partial charge in [-0.05, 0) is 36.4 Å². The van der Waals surface area contributed by atoms with Gasteiger partial charge in [0.25, 0.3) is 0 Å². The lowest BCUT2D eigenvalue weighted by Gasteiger charge is -2.12. The number of fused-ring (bicyclic) bond motifs is 1. The summed E-state index contributed by atoms with van der Waals surface area (Å²) in [7, 11) is 0. The van der Waals surface area contributed by atoms with Crippen LogP contribution in [0.1, 0.15) is 25.0 Å². The molecule has 0 spiro atoms. The molecule has 1 aliphatic carbocycles. The van der Waals surface area contributed by atoms with Gasteiger partial charge < -0.3 is 5.32 Å². The smallest absolute Gasteiger partial charge is 0.00104 e. The number of rotatable bonds is 3. The van der Waals surface area contributed by atoms with E-state index < -0.39 is 0 Å². The van der Waals surface area contributed by atoms with Gasteiger partial charge in [-0.25, -0.2) is 0 Å². The van der Waals surface area contributed by atoms with E-state index in [9.17, 15) is 0 Å². The van der Waals surface area contributed by atoms with Gasteiger partial charge in [0, 0.05) is 6.04 Å². The van der Waals surface area contributed by atoms with Crippen LogP contribution in [0.25, 0.3) is 0 Å². The fourth-order valence-electron chi connectivity index (χ4n) is 2.20. The van der Waals surface area contributed by atoms with Gasteiger partial charge in [0.15, 0.2) is 0 Å². The first-order chi connectivity index (χ1) is 6.75. The summed E-state index contributed by atoms with van der Waals surface area (Å²) in [4.78, 5) is 0. The predicted octanol–water partition coefficient (Wildman–Crippen LogP) is 2.40. The Labute approximate surface area is 86.5 Å². The van der Waals surface area contributed by atoms with Crippen molar-refractivity contribution in [1.29, 1.82) is 0 Å². The normalized spacial score (nSPS) is 16.2. The van der Waals surface area contributed by atoms with E-state index in [4.69, 9.17) is 0 Å². The highest BCUT2D eigenvalue weighted by Crippen LogP contribution is 2.25. The van der Waals surface area contributed by atoms with Crippen LogP contribution in [0, 0.1) is 5.92 Å². The zero-order valence-electron chi connectivity index (χ0n) is 9.09. The highest BCUT2D eigenvalue weighted by atomic mass is 14.9. The van der Waals surface area contributed by atoms with Crippen molar-refractivity contribution in [3.8, 4) is 0 Å². The van der Waals surface area contributed by atoms with Gasteiger partial charge >= 0.3 is 0 Å². The summed E-state index contributed by atoms with van der Waals surface area (Å²) in [6, 6.07) is 9.45. The summed E-state index contributed by atoms with van der Waals surface area (Å²) in [6.07, 6.45) is 2.52. The van der Waals surface area contributed by atoms with Crippen LogP contribution in [0.15, 0.2) is 24.3 Å². The maximum Gasteiger partial charge on any atom is 0.00104 e. The Morgan fingerprint density at radius 1 is 1.21 bits per heavy atom. The molecule has 0 aliphatic heterocycles. The second kappa shape index (κ2) is 4.14. The monoisotopic (exact) mass is 189 g/mol. The summed E-state index contributed by atoms with van der Waals surface area (Å²) in [5.74, 6) is 0.815. The lowest BCUT2D eigenvalue weighted by Crippen LogP contribution is -2.29. The standard InChI is InChI=1S/C13H19N/c1-10(2)14-9-11-7-12-5-3-4-6-13(12)8-11/h3-6,10-11,14H,7-9H2,1-2H3. The van der Waals surface area contributed by atoms with Crippen molar-refractivity contribution in [3.63, 3.8) is 0 Å². The molecule has 0 fully saturated rings. The molecular formula is C13H19N. The largest absolute Gasteiger partial charge is 0.314 e. The average molecular weight is 189 g/mol. The van der Waals surface area contributed by atoms with Crippen LogP contribution in [-0.2, 0) is 12.8 Å². The van der Waals surface area contributed by atoms with Crippen molar-refractivity contribution < 1.29 is 0 Å². The molecule has 1 aromatic rings. The summed E-state index contributed by atoms with van der Waals surface area (Å²) in [6.45, 7) is 5.58. The second-order valence-electron chi connectivity index (χ2n) is 4.61. The van der Waals surface area contributed by atoms with Crippen LogP contribution in [0.3, 0.4) is 0 Å². The molecule has 0 radical (unpaired) electrons. The molecule has 2 rings (SSSR count). The van der Waals surface area contributed by atoms with E-state index in [0.29, 0.717) is 6.04 Å². The fraction of sp³-hybridized carbons (Fsp3) is 0.538. The summed E-state index contributed by atoms with van der Waals surface area (Å²) >= 11 is 0. The number of hydrogen-bond acceptors (Lipinski definition) is 1.